The second-order valence-electron chi connectivity index (χ2n) is 4.59. The van der Waals surface area contributed by atoms with E-state index in [9.17, 15) is 9.59 Å². The normalized spacial score (nSPS) is 11.9. The van der Waals surface area contributed by atoms with E-state index < -0.39 is 17.9 Å². The second kappa shape index (κ2) is 7.67. The first-order chi connectivity index (χ1) is 10.6. The number of hydrogen-bond acceptors (Lipinski definition) is 5. The number of carbonyl (C=O) groups is 2. The number of nitrogens with zero attached hydrogens (tertiary/aromatic N) is 1. The summed E-state index contributed by atoms with van der Waals surface area (Å²) in [6.07, 6.45) is -0.190. The molecule has 0 saturated carbocycles. The van der Waals surface area contributed by atoms with Crippen molar-refractivity contribution < 1.29 is 19.4 Å². The third-order valence-electron chi connectivity index (χ3n) is 2.94. The Labute approximate surface area is 131 Å². The number of amides is 1. The lowest BCUT2D eigenvalue weighted by Crippen LogP contribution is -2.30. The zero-order valence-corrected chi connectivity index (χ0v) is 12.8. The minimum atomic E-state index is -0.979. The first-order valence-corrected chi connectivity index (χ1v) is 7.49. The van der Waals surface area contributed by atoms with Gasteiger partial charge in [0.05, 0.1) is 19.1 Å². The Morgan fingerprint density at radius 3 is 2.73 bits per heavy atom. The van der Waals surface area contributed by atoms with Gasteiger partial charge in [0.1, 0.15) is 10.7 Å². The van der Waals surface area contributed by atoms with E-state index in [2.05, 4.69) is 10.3 Å². The van der Waals surface area contributed by atoms with Crippen molar-refractivity contribution in [2.24, 2.45) is 0 Å². The van der Waals surface area contributed by atoms with Crippen molar-refractivity contribution in [1.29, 1.82) is 0 Å². The maximum absolute atomic E-state index is 12.2. The number of aliphatic carboxylic acids is 1. The third kappa shape index (κ3) is 4.37. The fraction of sp³-hybridized carbons (Fsp3) is 0.267. The van der Waals surface area contributed by atoms with Crippen LogP contribution in [0.25, 0.3) is 0 Å². The fourth-order valence-corrected chi connectivity index (χ4v) is 2.69. The molecule has 2 rings (SSSR count). The molecule has 1 heterocycles. The molecule has 1 amide bonds. The molecule has 1 aromatic heterocycles. The first kappa shape index (κ1) is 16.1. The van der Waals surface area contributed by atoms with Gasteiger partial charge in [0, 0.05) is 12.5 Å². The summed E-state index contributed by atoms with van der Waals surface area (Å²) in [6.45, 7) is 0.342. The molecule has 7 heteroatoms. The molecular formula is C15H16N2O4S. The van der Waals surface area contributed by atoms with Gasteiger partial charge in [0.2, 0.25) is 0 Å². The highest BCUT2D eigenvalue weighted by Crippen LogP contribution is 2.18. The Kier molecular flexibility index (Phi) is 5.62. The van der Waals surface area contributed by atoms with Gasteiger partial charge in [0.15, 0.2) is 0 Å². The minimum Gasteiger partial charge on any atom is -0.481 e. The van der Waals surface area contributed by atoms with Crippen molar-refractivity contribution in [2.75, 3.05) is 7.11 Å². The Bertz CT molecular complexity index is 642. The molecule has 2 N–H and O–H groups in total. The van der Waals surface area contributed by atoms with Gasteiger partial charge in [-0.3, -0.25) is 9.59 Å². The highest BCUT2D eigenvalue weighted by molar-refractivity contribution is 7.09. The van der Waals surface area contributed by atoms with Crippen LogP contribution in [-0.2, 0) is 16.1 Å². The van der Waals surface area contributed by atoms with Crippen molar-refractivity contribution in [3.8, 4) is 0 Å². The molecule has 6 nitrogen and oxygen atoms in total. The monoisotopic (exact) mass is 320 g/mol. The highest BCUT2D eigenvalue weighted by atomic mass is 32.1. The Hall–Kier alpha value is -2.25. The predicted octanol–water partition coefficient (Wildman–Crippen LogP) is 2.24. The number of carboxylic acids is 1. The molecule has 0 spiro atoms. The fourth-order valence-electron chi connectivity index (χ4n) is 1.95. The Balaban J connectivity index is 2.12. The zero-order chi connectivity index (χ0) is 15.9. The molecule has 0 aliphatic heterocycles. The van der Waals surface area contributed by atoms with Crippen LogP contribution in [0.3, 0.4) is 0 Å². The van der Waals surface area contributed by atoms with Gasteiger partial charge < -0.3 is 15.2 Å². The molecule has 0 aliphatic carbocycles. The van der Waals surface area contributed by atoms with E-state index in [0.717, 1.165) is 5.56 Å². The Morgan fingerprint density at radius 2 is 2.09 bits per heavy atom. The lowest BCUT2D eigenvalue weighted by molar-refractivity contribution is -0.137. The van der Waals surface area contributed by atoms with Crippen LogP contribution in [0, 0.1) is 0 Å². The molecule has 1 aromatic carbocycles. The van der Waals surface area contributed by atoms with Gasteiger partial charge >= 0.3 is 5.97 Å². The van der Waals surface area contributed by atoms with Gasteiger partial charge in [-0.2, -0.15) is 0 Å². The largest absolute Gasteiger partial charge is 0.481 e. The molecule has 0 saturated heterocycles. The highest BCUT2D eigenvalue weighted by Gasteiger charge is 2.20. The van der Waals surface area contributed by atoms with Crippen molar-refractivity contribution in [2.45, 2.75) is 19.1 Å². The van der Waals surface area contributed by atoms with E-state index in [-0.39, 0.29) is 12.1 Å². The van der Waals surface area contributed by atoms with Crippen LogP contribution in [-0.4, -0.2) is 29.1 Å². The maximum Gasteiger partial charge on any atom is 0.305 e. The number of methoxy groups -OCH3 is 1. The van der Waals surface area contributed by atoms with Gasteiger partial charge in [0.25, 0.3) is 5.91 Å². The Morgan fingerprint density at radius 1 is 1.36 bits per heavy atom. The van der Waals surface area contributed by atoms with E-state index in [0.29, 0.717) is 11.6 Å². The third-order valence-corrected chi connectivity index (χ3v) is 3.76. The lowest BCUT2D eigenvalue weighted by atomic mass is 10.0. The number of nitrogens with one attached hydrogen (secondary N) is 1. The van der Waals surface area contributed by atoms with Crippen molar-refractivity contribution in [3.63, 3.8) is 0 Å². The number of carbonyl (C=O) groups excluding carboxylic acids is 1. The van der Waals surface area contributed by atoms with E-state index in [1.165, 1.54) is 11.3 Å². The molecule has 116 valence electrons. The van der Waals surface area contributed by atoms with Gasteiger partial charge in [-0.25, -0.2) is 4.98 Å². The number of benzene rings is 1. The molecule has 0 radical (unpaired) electrons. The van der Waals surface area contributed by atoms with Crippen LogP contribution in [0.1, 0.15) is 33.5 Å². The van der Waals surface area contributed by atoms with E-state index in [1.54, 1.807) is 36.8 Å². The van der Waals surface area contributed by atoms with Crippen molar-refractivity contribution in [3.05, 3.63) is 52.0 Å². The average molecular weight is 320 g/mol. The molecule has 2 aromatic rings. The van der Waals surface area contributed by atoms with Crippen LogP contribution >= 0.6 is 11.3 Å². The summed E-state index contributed by atoms with van der Waals surface area (Å²) in [5.74, 6) is -1.37. The van der Waals surface area contributed by atoms with Crippen LogP contribution in [0.4, 0.5) is 0 Å². The molecule has 0 fully saturated rings. The van der Waals surface area contributed by atoms with Crippen LogP contribution < -0.4 is 5.32 Å². The summed E-state index contributed by atoms with van der Waals surface area (Å²) in [5, 5.41) is 14.1. The number of aromatic nitrogens is 1. The number of thiazole rings is 1. The topological polar surface area (TPSA) is 88.5 Å². The van der Waals surface area contributed by atoms with E-state index >= 15 is 0 Å². The standard InChI is InChI=1S/C15H16N2O4S/c1-21-8-13-16-12(9-22-13)15(20)17-11(7-14(18)19)10-5-3-2-4-6-10/h2-6,9,11H,7-8H2,1H3,(H,17,20)(H,18,19). The summed E-state index contributed by atoms with van der Waals surface area (Å²) in [5.41, 5.74) is 1.01. The van der Waals surface area contributed by atoms with Gasteiger partial charge in [-0.05, 0) is 5.56 Å². The smallest absolute Gasteiger partial charge is 0.305 e. The number of ether oxygens (including phenoxy) is 1. The molecule has 1 unspecified atom stereocenters. The molecule has 0 bridgehead atoms. The average Bonchev–Trinajstić information content (AvgIpc) is 2.96. The lowest BCUT2D eigenvalue weighted by Gasteiger charge is -2.16. The summed E-state index contributed by atoms with van der Waals surface area (Å²) >= 11 is 1.33. The molecular weight excluding hydrogens is 304 g/mol. The number of rotatable bonds is 7. The second-order valence-corrected chi connectivity index (χ2v) is 5.54. The molecule has 1 atom stereocenters. The summed E-state index contributed by atoms with van der Waals surface area (Å²) in [7, 11) is 1.55. The van der Waals surface area contributed by atoms with Crippen molar-refractivity contribution >= 4 is 23.2 Å². The number of carboxylic acid groups (broad SMARTS) is 1. The SMILES string of the molecule is COCc1nc(C(=O)NC(CC(=O)O)c2ccccc2)cs1. The van der Waals surface area contributed by atoms with Crippen LogP contribution in [0.2, 0.25) is 0 Å². The summed E-state index contributed by atoms with van der Waals surface area (Å²) in [6, 6.07) is 8.40. The quantitative estimate of drug-likeness (QED) is 0.817. The van der Waals surface area contributed by atoms with Crippen LogP contribution in [0.15, 0.2) is 35.7 Å². The number of hydrogen-bond donors (Lipinski definition) is 2. The van der Waals surface area contributed by atoms with Crippen molar-refractivity contribution in [1.82, 2.24) is 10.3 Å². The molecule has 0 aliphatic rings. The van der Waals surface area contributed by atoms with E-state index in [4.69, 9.17) is 9.84 Å². The molecule has 22 heavy (non-hydrogen) atoms. The first-order valence-electron chi connectivity index (χ1n) is 6.61. The minimum absolute atomic E-state index is 0.190. The predicted molar refractivity (Wildman–Crippen MR) is 81.7 cm³/mol. The maximum atomic E-state index is 12.2. The van der Waals surface area contributed by atoms with Gasteiger partial charge in [-0.1, -0.05) is 30.3 Å². The van der Waals surface area contributed by atoms with Crippen LogP contribution in [0.5, 0.6) is 0 Å². The zero-order valence-electron chi connectivity index (χ0n) is 12.0. The van der Waals surface area contributed by atoms with E-state index in [1.807, 2.05) is 6.07 Å². The summed E-state index contributed by atoms with van der Waals surface area (Å²) in [4.78, 5) is 27.4. The van der Waals surface area contributed by atoms with Gasteiger partial charge in [-0.15, -0.1) is 11.3 Å². The summed E-state index contributed by atoms with van der Waals surface area (Å²) < 4.78 is 4.96.